The Hall–Kier alpha value is -0.870. The molecular weight excluding hydrogens is 237 g/mol. The number of hydrogen-bond donors (Lipinski definition) is 0. The van der Waals surface area contributed by atoms with Crippen molar-refractivity contribution in [2.75, 3.05) is 0 Å². The molecule has 0 saturated carbocycles. The fourth-order valence-electron chi connectivity index (χ4n) is 1.75. The number of aryl methyl sites for hydroxylation is 1. The SMILES string of the molecule is CC(C)(C)[S+]([O-])N=C1CCc2ccc(F)cc21. The summed E-state index contributed by atoms with van der Waals surface area (Å²) in [5, 5.41) is 0. The molecule has 0 aromatic heterocycles. The van der Waals surface area contributed by atoms with E-state index < -0.39 is 11.4 Å². The molecule has 0 bridgehead atoms. The van der Waals surface area contributed by atoms with Gasteiger partial charge in [-0.1, -0.05) is 10.5 Å². The van der Waals surface area contributed by atoms with Crippen LogP contribution in [0.1, 0.15) is 38.3 Å². The molecular formula is C13H16FNOS. The largest absolute Gasteiger partial charge is 0.591 e. The number of hydrogen-bond acceptors (Lipinski definition) is 2. The lowest BCUT2D eigenvalue weighted by Gasteiger charge is -2.18. The van der Waals surface area contributed by atoms with E-state index in [1.54, 1.807) is 6.07 Å². The van der Waals surface area contributed by atoms with Crippen molar-refractivity contribution in [1.82, 2.24) is 0 Å². The van der Waals surface area contributed by atoms with E-state index in [9.17, 15) is 8.94 Å². The van der Waals surface area contributed by atoms with Gasteiger partial charge in [-0.3, -0.25) is 0 Å². The van der Waals surface area contributed by atoms with Gasteiger partial charge >= 0.3 is 0 Å². The van der Waals surface area contributed by atoms with Gasteiger partial charge in [0.25, 0.3) is 0 Å². The van der Waals surface area contributed by atoms with Gasteiger partial charge < -0.3 is 4.55 Å². The first-order chi connectivity index (χ1) is 7.88. The Bertz CT molecular complexity index is 465. The Morgan fingerprint density at radius 3 is 2.65 bits per heavy atom. The van der Waals surface area contributed by atoms with Gasteiger partial charge in [0.2, 0.25) is 0 Å². The molecule has 2 nitrogen and oxygen atoms in total. The van der Waals surface area contributed by atoms with Crippen molar-refractivity contribution in [1.29, 1.82) is 0 Å². The van der Waals surface area contributed by atoms with E-state index in [1.807, 2.05) is 20.8 Å². The van der Waals surface area contributed by atoms with Crippen LogP contribution in [0.25, 0.3) is 0 Å². The number of rotatable bonds is 1. The lowest BCUT2D eigenvalue weighted by Crippen LogP contribution is -2.26. The summed E-state index contributed by atoms with van der Waals surface area (Å²) in [6.45, 7) is 5.65. The number of halogens is 1. The molecule has 1 unspecified atom stereocenters. The third-order valence-corrected chi connectivity index (χ3v) is 4.16. The molecule has 0 aliphatic heterocycles. The second kappa shape index (κ2) is 4.42. The summed E-state index contributed by atoms with van der Waals surface area (Å²) >= 11 is -1.28. The molecule has 1 aliphatic rings. The minimum atomic E-state index is -1.28. The van der Waals surface area contributed by atoms with E-state index >= 15 is 0 Å². The van der Waals surface area contributed by atoms with Gasteiger partial charge in [-0.05, 0) is 51.3 Å². The first-order valence-electron chi connectivity index (χ1n) is 5.66. The van der Waals surface area contributed by atoms with E-state index in [0.29, 0.717) is 0 Å². The molecule has 0 saturated heterocycles. The minimum Gasteiger partial charge on any atom is -0.591 e. The van der Waals surface area contributed by atoms with Crippen LogP contribution < -0.4 is 0 Å². The van der Waals surface area contributed by atoms with Crippen molar-refractivity contribution in [3.63, 3.8) is 0 Å². The predicted molar refractivity (Wildman–Crippen MR) is 69.2 cm³/mol. The van der Waals surface area contributed by atoms with Gasteiger partial charge in [-0.25, -0.2) is 4.39 Å². The van der Waals surface area contributed by atoms with Crippen molar-refractivity contribution in [3.05, 3.63) is 35.1 Å². The average Bonchev–Trinajstić information content (AvgIpc) is 2.60. The van der Waals surface area contributed by atoms with E-state index in [2.05, 4.69) is 4.40 Å². The number of fused-ring (bicyclic) bond motifs is 1. The van der Waals surface area contributed by atoms with E-state index in [-0.39, 0.29) is 10.6 Å². The molecule has 92 valence electrons. The maximum atomic E-state index is 13.2. The Kier molecular flexibility index (Phi) is 3.27. The normalized spacial score (nSPS) is 19.5. The Balaban J connectivity index is 2.33. The third-order valence-electron chi connectivity index (χ3n) is 2.73. The summed E-state index contributed by atoms with van der Waals surface area (Å²) in [4.78, 5) is 0. The molecule has 1 aliphatic carbocycles. The van der Waals surface area contributed by atoms with Gasteiger partial charge in [0.15, 0.2) is 0 Å². The molecule has 0 N–H and O–H groups in total. The molecule has 0 amide bonds. The molecule has 0 fully saturated rings. The first kappa shape index (κ1) is 12.6. The van der Waals surface area contributed by atoms with E-state index in [4.69, 9.17) is 0 Å². The Labute approximate surface area is 104 Å². The van der Waals surface area contributed by atoms with Crippen LogP contribution in [0.3, 0.4) is 0 Å². The maximum Gasteiger partial charge on any atom is 0.144 e. The van der Waals surface area contributed by atoms with Crippen LogP contribution in [-0.2, 0) is 17.8 Å². The molecule has 17 heavy (non-hydrogen) atoms. The number of benzene rings is 1. The van der Waals surface area contributed by atoms with Crippen LogP contribution in [0, 0.1) is 5.82 Å². The molecule has 0 spiro atoms. The van der Waals surface area contributed by atoms with Crippen molar-refractivity contribution < 1.29 is 8.94 Å². The summed E-state index contributed by atoms with van der Waals surface area (Å²) in [7, 11) is 0. The van der Waals surface area contributed by atoms with Crippen LogP contribution in [0.2, 0.25) is 0 Å². The molecule has 1 aromatic rings. The standard InChI is InChI=1S/C13H16FNOS/c1-13(2,3)17(16)15-12-7-5-9-4-6-10(14)8-11(9)12/h4,6,8H,5,7H2,1-3H3. The average molecular weight is 253 g/mol. The smallest absolute Gasteiger partial charge is 0.144 e. The summed E-state index contributed by atoms with van der Waals surface area (Å²) in [5.41, 5.74) is 2.69. The van der Waals surface area contributed by atoms with Crippen LogP contribution >= 0.6 is 0 Å². The van der Waals surface area contributed by atoms with E-state index in [0.717, 1.165) is 29.7 Å². The highest BCUT2D eigenvalue weighted by atomic mass is 32.2. The van der Waals surface area contributed by atoms with Crippen molar-refractivity contribution >= 4 is 17.1 Å². The molecule has 2 rings (SSSR count). The second-order valence-corrected chi connectivity index (χ2v) is 7.11. The van der Waals surface area contributed by atoms with Crippen molar-refractivity contribution in [2.45, 2.75) is 38.4 Å². The highest BCUT2D eigenvalue weighted by Crippen LogP contribution is 2.26. The second-order valence-electron chi connectivity index (χ2n) is 5.20. The lowest BCUT2D eigenvalue weighted by molar-refractivity contribution is 0.561. The topological polar surface area (TPSA) is 35.4 Å². The molecule has 0 radical (unpaired) electrons. The fourth-order valence-corrected chi connectivity index (χ4v) is 2.42. The first-order valence-corrected chi connectivity index (χ1v) is 6.77. The third kappa shape index (κ3) is 2.69. The quantitative estimate of drug-likeness (QED) is 0.708. The van der Waals surface area contributed by atoms with Gasteiger partial charge in [-0.15, -0.1) is 0 Å². The predicted octanol–water partition coefficient (Wildman–Crippen LogP) is 3.02. The Morgan fingerprint density at radius 1 is 1.29 bits per heavy atom. The summed E-state index contributed by atoms with van der Waals surface area (Å²) < 4.78 is 29.0. The van der Waals surface area contributed by atoms with Gasteiger partial charge in [0.05, 0.1) is 5.71 Å². The van der Waals surface area contributed by atoms with Crippen molar-refractivity contribution in [2.24, 2.45) is 4.40 Å². The zero-order valence-electron chi connectivity index (χ0n) is 10.3. The molecule has 1 atom stereocenters. The van der Waals surface area contributed by atoms with Crippen LogP contribution in [0.5, 0.6) is 0 Å². The van der Waals surface area contributed by atoms with Crippen LogP contribution in [-0.4, -0.2) is 15.0 Å². The van der Waals surface area contributed by atoms with Crippen LogP contribution in [0.15, 0.2) is 22.6 Å². The summed E-state index contributed by atoms with van der Waals surface area (Å²) in [6, 6.07) is 4.73. The molecule has 4 heteroatoms. The van der Waals surface area contributed by atoms with Gasteiger partial charge in [0, 0.05) is 5.56 Å². The van der Waals surface area contributed by atoms with Gasteiger partial charge in [0.1, 0.15) is 21.9 Å². The summed E-state index contributed by atoms with van der Waals surface area (Å²) in [5.74, 6) is -0.264. The zero-order chi connectivity index (χ0) is 12.6. The summed E-state index contributed by atoms with van der Waals surface area (Å²) in [6.07, 6.45) is 1.61. The fraction of sp³-hybridized carbons (Fsp3) is 0.462. The van der Waals surface area contributed by atoms with Gasteiger partial charge in [-0.2, -0.15) is 0 Å². The maximum absolute atomic E-state index is 13.2. The Morgan fingerprint density at radius 2 is 2.00 bits per heavy atom. The minimum absolute atomic E-state index is 0.264. The van der Waals surface area contributed by atoms with Crippen molar-refractivity contribution in [3.8, 4) is 0 Å². The highest BCUT2D eigenvalue weighted by Gasteiger charge is 2.29. The van der Waals surface area contributed by atoms with E-state index in [1.165, 1.54) is 12.1 Å². The zero-order valence-corrected chi connectivity index (χ0v) is 11.1. The molecule has 0 heterocycles. The monoisotopic (exact) mass is 253 g/mol. The lowest BCUT2D eigenvalue weighted by atomic mass is 10.1. The number of nitrogens with zero attached hydrogens (tertiary/aromatic N) is 1. The molecule has 1 aromatic carbocycles. The van der Waals surface area contributed by atoms with Crippen LogP contribution in [0.4, 0.5) is 4.39 Å². The highest BCUT2D eigenvalue weighted by molar-refractivity contribution is 7.91.